The number of aliphatic imine (C=N–C) groups is 1. The fourth-order valence-corrected chi connectivity index (χ4v) is 3.28. The summed E-state index contributed by atoms with van der Waals surface area (Å²) in [6.45, 7) is 0. The fourth-order valence-electron chi connectivity index (χ4n) is 3.28. The van der Waals surface area contributed by atoms with E-state index < -0.39 is 5.91 Å². The highest BCUT2D eigenvalue weighted by Crippen LogP contribution is 2.39. The minimum Gasteiger partial charge on any atom is -0.325 e. The Morgan fingerprint density at radius 2 is 2.30 bits per heavy atom. The van der Waals surface area contributed by atoms with Crippen molar-refractivity contribution in [3.63, 3.8) is 0 Å². The first kappa shape index (κ1) is 13.8. The maximum atomic E-state index is 12.1. The molecular weight excluding hydrogens is 294 g/mol. The molecule has 2 amide bonds. The normalized spacial score (nSPS) is 24.4. The molecule has 0 saturated heterocycles. The molecule has 1 atom stereocenters. The van der Waals surface area contributed by atoms with E-state index >= 15 is 0 Å². The number of nitrogens with zero attached hydrogens (tertiary/aromatic N) is 4. The molecule has 3 aliphatic rings. The second-order valence-electron chi connectivity index (χ2n) is 5.87. The second kappa shape index (κ2) is 5.12. The van der Waals surface area contributed by atoms with E-state index in [1.54, 1.807) is 13.1 Å². The number of aryl methyl sites for hydroxylation is 1. The minimum atomic E-state index is -0.448. The molecule has 4 rings (SSSR count). The molecule has 23 heavy (non-hydrogen) atoms. The molecule has 0 spiro atoms. The smallest absolute Gasteiger partial charge is 0.299 e. The number of nitrogens with one attached hydrogen (secondary N) is 1. The third-order valence-corrected chi connectivity index (χ3v) is 4.32. The van der Waals surface area contributed by atoms with E-state index in [9.17, 15) is 9.59 Å². The highest BCUT2D eigenvalue weighted by molar-refractivity contribution is 6.13. The lowest BCUT2D eigenvalue weighted by Gasteiger charge is -2.28. The van der Waals surface area contributed by atoms with Crippen LogP contribution in [0.1, 0.15) is 29.8 Å². The van der Waals surface area contributed by atoms with E-state index in [1.165, 1.54) is 16.5 Å². The van der Waals surface area contributed by atoms with Gasteiger partial charge in [-0.05, 0) is 37.0 Å². The SMILES string of the molecule is Cn1cc(C(=O)N=C2C=CC3C(=C2)NC(=O)C2=C3CCC2)nn1. The van der Waals surface area contributed by atoms with Gasteiger partial charge in [-0.2, -0.15) is 0 Å². The average Bonchev–Trinajstić information content (AvgIpc) is 3.16. The Hall–Kier alpha value is -2.83. The molecule has 1 aromatic rings. The van der Waals surface area contributed by atoms with Crippen molar-refractivity contribution in [1.82, 2.24) is 20.3 Å². The summed E-state index contributed by atoms with van der Waals surface area (Å²) in [7, 11) is 1.69. The van der Waals surface area contributed by atoms with Gasteiger partial charge in [0.2, 0.25) is 0 Å². The quantitative estimate of drug-likeness (QED) is 0.840. The zero-order valence-corrected chi connectivity index (χ0v) is 12.6. The van der Waals surface area contributed by atoms with Crippen LogP contribution in [0.25, 0.3) is 0 Å². The predicted molar refractivity (Wildman–Crippen MR) is 82.5 cm³/mol. The third kappa shape index (κ3) is 2.34. The van der Waals surface area contributed by atoms with Gasteiger partial charge < -0.3 is 5.32 Å². The summed E-state index contributed by atoms with van der Waals surface area (Å²) in [5, 5.41) is 10.4. The van der Waals surface area contributed by atoms with Gasteiger partial charge in [0.05, 0.1) is 11.9 Å². The zero-order valence-electron chi connectivity index (χ0n) is 12.6. The standard InChI is InChI=1S/C16H15N5O2/c1-21-8-14(19-20-21)16(23)17-9-5-6-11-10-3-2-4-12(10)15(22)18-13(11)7-9/h5-8,11H,2-4H2,1H3,(H,18,22). The van der Waals surface area contributed by atoms with Crippen molar-refractivity contribution in [2.24, 2.45) is 18.0 Å². The molecule has 0 fully saturated rings. The van der Waals surface area contributed by atoms with Gasteiger partial charge in [-0.1, -0.05) is 11.3 Å². The van der Waals surface area contributed by atoms with E-state index in [1.807, 2.05) is 12.2 Å². The molecule has 1 unspecified atom stereocenters. The average molecular weight is 309 g/mol. The maximum Gasteiger partial charge on any atom is 0.299 e. The first-order chi connectivity index (χ1) is 11.1. The van der Waals surface area contributed by atoms with Gasteiger partial charge >= 0.3 is 0 Å². The number of allylic oxidation sites excluding steroid dienone is 3. The lowest BCUT2D eigenvalue weighted by Crippen LogP contribution is -2.35. The lowest BCUT2D eigenvalue weighted by molar-refractivity contribution is -0.117. The number of aromatic nitrogens is 3. The van der Waals surface area contributed by atoms with Crippen LogP contribution in [0.4, 0.5) is 0 Å². The Balaban J connectivity index is 1.63. The Morgan fingerprint density at radius 3 is 3.09 bits per heavy atom. The lowest BCUT2D eigenvalue weighted by atomic mass is 9.85. The molecule has 7 heteroatoms. The summed E-state index contributed by atoms with van der Waals surface area (Å²) in [6, 6.07) is 0. The predicted octanol–water partition coefficient (Wildman–Crippen LogP) is 1.08. The summed E-state index contributed by atoms with van der Waals surface area (Å²) >= 11 is 0. The molecular formula is C16H15N5O2. The number of hydrogen-bond donors (Lipinski definition) is 1. The van der Waals surface area contributed by atoms with Gasteiger partial charge in [0.15, 0.2) is 5.69 Å². The largest absolute Gasteiger partial charge is 0.325 e. The summed E-state index contributed by atoms with van der Waals surface area (Å²) in [6.07, 6.45) is 9.94. The summed E-state index contributed by atoms with van der Waals surface area (Å²) in [5.74, 6) is -0.360. The van der Waals surface area contributed by atoms with Crippen molar-refractivity contribution < 1.29 is 9.59 Å². The number of amides is 2. The Bertz CT molecular complexity index is 840. The molecule has 0 aromatic carbocycles. The number of carbonyl (C=O) groups excluding carboxylic acids is 2. The molecule has 1 aromatic heterocycles. The number of carbonyl (C=O) groups is 2. The number of fused-ring (bicyclic) bond motifs is 2. The molecule has 1 aliphatic heterocycles. The van der Waals surface area contributed by atoms with Gasteiger partial charge in [-0.3, -0.25) is 14.3 Å². The van der Waals surface area contributed by atoms with Gasteiger partial charge in [-0.25, -0.2) is 4.99 Å². The summed E-state index contributed by atoms with van der Waals surface area (Å²) in [5.41, 5.74) is 3.63. The van der Waals surface area contributed by atoms with Crippen LogP contribution in [0, 0.1) is 5.92 Å². The van der Waals surface area contributed by atoms with Crippen molar-refractivity contribution in [2.75, 3.05) is 0 Å². The van der Waals surface area contributed by atoms with E-state index in [0.29, 0.717) is 5.71 Å². The van der Waals surface area contributed by atoms with Crippen LogP contribution in [-0.4, -0.2) is 32.5 Å². The van der Waals surface area contributed by atoms with Crippen LogP contribution in [-0.2, 0) is 11.8 Å². The molecule has 0 saturated carbocycles. The highest BCUT2D eigenvalue weighted by atomic mass is 16.2. The van der Waals surface area contributed by atoms with Crippen molar-refractivity contribution in [3.8, 4) is 0 Å². The second-order valence-corrected chi connectivity index (χ2v) is 5.87. The monoisotopic (exact) mass is 309 g/mol. The van der Waals surface area contributed by atoms with Crippen molar-refractivity contribution >= 4 is 17.5 Å². The highest BCUT2D eigenvalue weighted by Gasteiger charge is 2.34. The summed E-state index contributed by atoms with van der Waals surface area (Å²) < 4.78 is 1.45. The molecule has 2 heterocycles. The first-order valence-corrected chi connectivity index (χ1v) is 7.54. The minimum absolute atomic E-state index is 0.0186. The maximum absolute atomic E-state index is 12.1. The van der Waals surface area contributed by atoms with Crippen LogP contribution in [0.3, 0.4) is 0 Å². The molecule has 116 valence electrons. The van der Waals surface area contributed by atoms with Crippen LogP contribution >= 0.6 is 0 Å². The van der Waals surface area contributed by atoms with Crippen LogP contribution in [0.5, 0.6) is 0 Å². The van der Waals surface area contributed by atoms with Gasteiger partial charge in [0.25, 0.3) is 11.8 Å². The number of rotatable bonds is 1. The molecule has 2 aliphatic carbocycles. The Kier molecular flexibility index (Phi) is 3.07. The van der Waals surface area contributed by atoms with E-state index in [-0.39, 0.29) is 17.5 Å². The van der Waals surface area contributed by atoms with Gasteiger partial charge in [0.1, 0.15) is 0 Å². The third-order valence-electron chi connectivity index (χ3n) is 4.32. The zero-order chi connectivity index (χ0) is 16.0. The van der Waals surface area contributed by atoms with E-state index in [2.05, 4.69) is 20.6 Å². The first-order valence-electron chi connectivity index (χ1n) is 7.54. The van der Waals surface area contributed by atoms with E-state index in [0.717, 1.165) is 30.5 Å². The molecule has 1 N–H and O–H groups in total. The fraction of sp³-hybridized carbons (Fsp3) is 0.312. The van der Waals surface area contributed by atoms with Gasteiger partial charge in [-0.15, -0.1) is 5.10 Å². The number of hydrogen-bond acceptors (Lipinski definition) is 4. The Labute approximate surface area is 132 Å². The van der Waals surface area contributed by atoms with Gasteiger partial charge in [0, 0.05) is 24.2 Å². The van der Waals surface area contributed by atoms with Crippen LogP contribution in [0.15, 0.2) is 46.3 Å². The summed E-state index contributed by atoms with van der Waals surface area (Å²) in [4.78, 5) is 28.2. The molecule has 0 bridgehead atoms. The van der Waals surface area contributed by atoms with E-state index in [4.69, 9.17) is 0 Å². The van der Waals surface area contributed by atoms with Crippen molar-refractivity contribution in [3.05, 3.63) is 47.0 Å². The Morgan fingerprint density at radius 1 is 1.43 bits per heavy atom. The van der Waals surface area contributed by atoms with Crippen LogP contribution in [0.2, 0.25) is 0 Å². The molecule has 7 nitrogen and oxygen atoms in total. The van der Waals surface area contributed by atoms with Crippen molar-refractivity contribution in [2.45, 2.75) is 19.3 Å². The molecule has 0 radical (unpaired) electrons. The van der Waals surface area contributed by atoms with Crippen molar-refractivity contribution in [1.29, 1.82) is 0 Å². The van der Waals surface area contributed by atoms with Crippen LogP contribution < -0.4 is 5.32 Å². The topological polar surface area (TPSA) is 89.2 Å².